The van der Waals surface area contributed by atoms with Crippen LogP contribution >= 0.6 is 27.7 Å². The molecule has 0 spiro atoms. The van der Waals surface area contributed by atoms with Crippen LogP contribution in [0.15, 0.2) is 87.1 Å². The van der Waals surface area contributed by atoms with Crippen LogP contribution in [0.5, 0.6) is 0 Å². The standard InChI is InChI=1S/C28H32BrN3O4S2/c1-5-30-28(34)21(3)31(18-22-7-6-8-23(29)17-22)27(33)19-32(24-11-9-20(2)10-12-24)38(35,36)26-15-13-25(37-4)14-16-26/h6-17,21H,5,18-19H2,1-4H3,(H,30,34)/t21-/m0/s1. The van der Waals surface area contributed by atoms with Crippen molar-refractivity contribution in [2.24, 2.45) is 0 Å². The molecule has 0 saturated heterocycles. The van der Waals surface area contributed by atoms with Gasteiger partial charge in [0.05, 0.1) is 10.6 Å². The molecule has 0 fully saturated rings. The molecule has 0 aliphatic rings. The van der Waals surface area contributed by atoms with Crippen molar-refractivity contribution >= 4 is 55.2 Å². The summed E-state index contributed by atoms with van der Waals surface area (Å²) in [7, 11) is -4.09. The zero-order chi connectivity index (χ0) is 27.9. The number of likely N-dealkylation sites (N-methyl/N-ethyl adjacent to an activating group) is 1. The molecule has 0 aliphatic heterocycles. The van der Waals surface area contributed by atoms with Crippen molar-refractivity contribution in [3.63, 3.8) is 0 Å². The Hall–Kier alpha value is -2.82. The van der Waals surface area contributed by atoms with Crippen molar-refractivity contribution in [1.82, 2.24) is 10.2 Å². The lowest BCUT2D eigenvalue weighted by molar-refractivity contribution is -0.139. The summed E-state index contributed by atoms with van der Waals surface area (Å²) in [5.41, 5.74) is 2.13. The van der Waals surface area contributed by atoms with Gasteiger partial charge in [0, 0.05) is 22.5 Å². The second-order valence-electron chi connectivity index (χ2n) is 8.74. The van der Waals surface area contributed by atoms with Gasteiger partial charge in [-0.05, 0) is 81.1 Å². The molecule has 3 aromatic rings. The molecule has 1 atom stereocenters. The minimum Gasteiger partial charge on any atom is -0.355 e. The normalized spacial score (nSPS) is 12.0. The predicted molar refractivity (Wildman–Crippen MR) is 157 cm³/mol. The van der Waals surface area contributed by atoms with E-state index >= 15 is 0 Å². The highest BCUT2D eigenvalue weighted by Gasteiger charge is 2.32. The number of carbonyl (C=O) groups excluding carboxylic acids is 2. The number of nitrogens with zero attached hydrogens (tertiary/aromatic N) is 2. The Morgan fingerprint density at radius 2 is 1.68 bits per heavy atom. The predicted octanol–water partition coefficient (Wildman–Crippen LogP) is 5.23. The Morgan fingerprint density at radius 1 is 1.03 bits per heavy atom. The highest BCUT2D eigenvalue weighted by molar-refractivity contribution is 9.10. The maximum Gasteiger partial charge on any atom is 0.264 e. The maximum absolute atomic E-state index is 13.8. The lowest BCUT2D eigenvalue weighted by Crippen LogP contribution is -2.51. The molecule has 7 nitrogen and oxygen atoms in total. The van der Waals surface area contributed by atoms with Gasteiger partial charge < -0.3 is 10.2 Å². The molecule has 0 aliphatic carbocycles. The number of hydrogen-bond donors (Lipinski definition) is 1. The molecular weight excluding hydrogens is 586 g/mol. The third-order valence-corrected chi connectivity index (χ3v) is 9.03. The summed E-state index contributed by atoms with van der Waals surface area (Å²) in [6, 6.07) is 20.2. The number of sulfonamides is 1. The smallest absolute Gasteiger partial charge is 0.264 e. The van der Waals surface area contributed by atoms with E-state index in [1.165, 1.54) is 16.7 Å². The highest BCUT2D eigenvalue weighted by Crippen LogP contribution is 2.26. The molecule has 3 aromatic carbocycles. The molecule has 0 radical (unpaired) electrons. The first kappa shape index (κ1) is 29.7. The van der Waals surface area contributed by atoms with Gasteiger partial charge in [-0.25, -0.2) is 8.42 Å². The first-order valence-corrected chi connectivity index (χ1v) is 15.6. The number of anilines is 1. The average molecular weight is 619 g/mol. The number of amides is 2. The summed E-state index contributed by atoms with van der Waals surface area (Å²) in [6.45, 7) is 5.45. The summed E-state index contributed by atoms with van der Waals surface area (Å²) in [4.78, 5) is 29.0. The van der Waals surface area contributed by atoms with Gasteiger partial charge in [0.1, 0.15) is 12.6 Å². The van der Waals surface area contributed by atoms with Crippen molar-refractivity contribution in [2.75, 3.05) is 23.7 Å². The zero-order valence-corrected chi connectivity index (χ0v) is 25.1. The molecule has 0 aromatic heterocycles. The van der Waals surface area contributed by atoms with Gasteiger partial charge in [-0.3, -0.25) is 13.9 Å². The molecule has 10 heteroatoms. The molecule has 3 rings (SSSR count). The molecule has 38 heavy (non-hydrogen) atoms. The van der Waals surface area contributed by atoms with E-state index in [9.17, 15) is 18.0 Å². The van der Waals surface area contributed by atoms with Crippen molar-refractivity contribution < 1.29 is 18.0 Å². The highest BCUT2D eigenvalue weighted by atomic mass is 79.9. The Morgan fingerprint density at radius 3 is 2.26 bits per heavy atom. The second kappa shape index (κ2) is 13.3. The second-order valence-corrected chi connectivity index (χ2v) is 12.4. The van der Waals surface area contributed by atoms with E-state index in [1.54, 1.807) is 62.4 Å². The topological polar surface area (TPSA) is 86.8 Å². The number of aryl methyl sites for hydroxylation is 1. The average Bonchev–Trinajstić information content (AvgIpc) is 2.90. The quantitative estimate of drug-likeness (QED) is 0.298. The van der Waals surface area contributed by atoms with Crippen LogP contribution in [0.25, 0.3) is 0 Å². The number of nitrogens with one attached hydrogen (secondary N) is 1. The van der Waals surface area contributed by atoms with E-state index in [0.717, 1.165) is 24.8 Å². The van der Waals surface area contributed by atoms with E-state index in [4.69, 9.17) is 0 Å². The SMILES string of the molecule is CCNC(=O)[C@H](C)N(Cc1cccc(Br)c1)C(=O)CN(c1ccc(C)cc1)S(=O)(=O)c1ccc(SC)cc1. The van der Waals surface area contributed by atoms with E-state index in [1.807, 2.05) is 37.4 Å². The molecule has 1 N–H and O–H groups in total. The van der Waals surface area contributed by atoms with Crippen LogP contribution < -0.4 is 9.62 Å². The van der Waals surface area contributed by atoms with Gasteiger partial charge in [0.2, 0.25) is 11.8 Å². The molecular formula is C28H32BrN3O4S2. The van der Waals surface area contributed by atoms with E-state index < -0.39 is 28.5 Å². The summed E-state index contributed by atoms with van der Waals surface area (Å²) in [5, 5.41) is 2.76. The van der Waals surface area contributed by atoms with E-state index in [2.05, 4.69) is 21.2 Å². The molecule has 0 bridgehead atoms. The van der Waals surface area contributed by atoms with Crippen molar-refractivity contribution in [3.05, 3.63) is 88.4 Å². The Balaban J connectivity index is 2.02. The van der Waals surface area contributed by atoms with Crippen molar-refractivity contribution in [2.45, 2.75) is 43.1 Å². The van der Waals surface area contributed by atoms with Crippen LogP contribution in [0.4, 0.5) is 5.69 Å². The fourth-order valence-electron chi connectivity index (χ4n) is 3.85. The van der Waals surface area contributed by atoms with E-state index in [0.29, 0.717) is 12.2 Å². The zero-order valence-electron chi connectivity index (χ0n) is 21.8. The third-order valence-electron chi connectivity index (χ3n) is 6.01. The van der Waals surface area contributed by atoms with Gasteiger partial charge in [-0.2, -0.15) is 0 Å². The molecule has 202 valence electrons. The fourth-order valence-corrected chi connectivity index (χ4v) is 6.12. The van der Waals surface area contributed by atoms with Crippen molar-refractivity contribution in [3.8, 4) is 0 Å². The van der Waals surface area contributed by atoms with Crippen LogP contribution in [-0.4, -0.2) is 50.5 Å². The summed E-state index contributed by atoms with van der Waals surface area (Å²) in [5.74, 6) is -0.804. The fraction of sp³-hybridized carbons (Fsp3) is 0.286. The lowest BCUT2D eigenvalue weighted by Gasteiger charge is -2.32. The van der Waals surface area contributed by atoms with Crippen LogP contribution in [0.1, 0.15) is 25.0 Å². The molecule has 2 amide bonds. The van der Waals surface area contributed by atoms with Crippen LogP contribution in [0, 0.1) is 6.92 Å². The monoisotopic (exact) mass is 617 g/mol. The number of rotatable bonds is 11. The number of thioether (sulfide) groups is 1. The largest absolute Gasteiger partial charge is 0.355 e. The number of hydrogen-bond acceptors (Lipinski definition) is 5. The summed E-state index contributed by atoms with van der Waals surface area (Å²) < 4.78 is 29.6. The Kier molecular flexibility index (Phi) is 10.4. The summed E-state index contributed by atoms with van der Waals surface area (Å²) >= 11 is 4.96. The van der Waals surface area contributed by atoms with Gasteiger partial charge in [-0.15, -0.1) is 11.8 Å². The van der Waals surface area contributed by atoms with E-state index in [-0.39, 0.29) is 17.3 Å². The number of benzene rings is 3. The Labute approximate surface area is 237 Å². The minimum atomic E-state index is -4.09. The number of halogens is 1. The molecule has 0 heterocycles. The molecule has 0 unspecified atom stereocenters. The van der Waals surface area contributed by atoms with Gasteiger partial charge in [-0.1, -0.05) is 45.8 Å². The minimum absolute atomic E-state index is 0.0824. The van der Waals surface area contributed by atoms with Crippen LogP contribution in [-0.2, 0) is 26.2 Å². The number of carbonyl (C=O) groups is 2. The van der Waals surface area contributed by atoms with Gasteiger partial charge >= 0.3 is 0 Å². The first-order chi connectivity index (χ1) is 18.1. The van der Waals surface area contributed by atoms with Gasteiger partial charge in [0.25, 0.3) is 10.0 Å². The van der Waals surface area contributed by atoms with Gasteiger partial charge in [0.15, 0.2) is 0 Å². The van der Waals surface area contributed by atoms with Crippen LogP contribution in [0.2, 0.25) is 0 Å². The third kappa shape index (κ3) is 7.39. The van der Waals surface area contributed by atoms with Crippen molar-refractivity contribution in [1.29, 1.82) is 0 Å². The molecule has 0 saturated carbocycles. The Bertz CT molecular complexity index is 1360. The lowest BCUT2D eigenvalue weighted by atomic mass is 10.1. The van der Waals surface area contributed by atoms with Crippen LogP contribution in [0.3, 0.4) is 0 Å². The first-order valence-electron chi connectivity index (χ1n) is 12.1. The summed E-state index contributed by atoms with van der Waals surface area (Å²) in [6.07, 6.45) is 1.91. The maximum atomic E-state index is 13.8.